The van der Waals surface area contributed by atoms with Gasteiger partial charge in [0.1, 0.15) is 11.6 Å². The van der Waals surface area contributed by atoms with Crippen LogP contribution < -0.4 is 4.74 Å². The molecule has 0 spiro atoms. The normalized spacial score (nSPS) is 19.4. The first-order valence-corrected chi connectivity index (χ1v) is 8.32. The molecule has 3 aromatic rings. The number of ether oxygens (including phenoxy) is 1. The summed E-state index contributed by atoms with van der Waals surface area (Å²) in [5.41, 5.74) is 2.22. The van der Waals surface area contributed by atoms with E-state index in [1.807, 2.05) is 48.5 Å². The summed E-state index contributed by atoms with van der Waals surface area (Å²) in [7, 11) is 0. The van der Waals surface area contributed by atoms with Gasteiger partial charge >= 0.3 is 0 Å². The molecule has 0 radical (unpaired) electrons. The number of aromatic nitrogens is 1. The number of thiazole rings is 1. The fraction of sp³-hybridized carbons (Fsp3) is 0.158. The lowest BCUT2D eigenvalue weighted by Crippen LogP contribution is -2.24. The van der Waals surface area contributed by atoms with Gasteiger partial charge < -0.3 is 4.74 Å². The molecule has 0 bridgehead atoms. The molecular weight excluding hydrogens is 304 g/mol. The molecule has 0 aliphatic carbocycles. The Bertz CT molecular complexity index is 852. The average Bonchev–Trinajstić information content (AvgIpc) is 3.06. The Morgan fingerprint density at radius 2 is 1.74 bits per heavy atom. The minimum Gasteiger partial charge on any atom is -0.475 e. The van der Waals surface area contributed by atoms with Crippen molar-refractivity contribution >= 4 is 11.3 Å². The topological polar surface area (TPSA) is 45.9 Å². The van der Waals surface area contributed by atoms with E-state index in [0.717, 1.165) is 21.0 Å². The Labute approximate surface area is 138 Å². The van der Waals surface area contributed by atoms with Crippen LogP contribution in [0, 0.1) is 17.2 Å². The summed E-state index contributed by atoms with van der Waals surface area (Å²) in [5, 5.41) is 10.5. The van der Waals surface area contributed by atoms with Crippen molar-refractivity contribution in [3.63, 3.8) is 0 Å². The van der Waals surface area contributed by atoms with Crippen LogP contribution in [0.3, 0.4) is 0 Å². The maximum atomic E-state index is 9.53. The Morgan fingerprint density at radius 1 is 1.04 bits per heavy atom. The predicted molar refractivity (Wildman–Crippen MR) is 90.4 cm³/mol. The highest BCUT2D eigenvalue weighted by molar-refractivity contribution is 7.15. The highest BCUT2D eigenvalue weighted by Crippen LogP contribution is 2.46. The molecular formula is C19H14N2OS. The molecule has 1 aliphatic rings. The lowest BCUT2D eigenvalue weighted by molar-refractivity contribution is 0.233. The SMILES string of the molecule is N#CC1COc2nc(-c3ccccc3)sc2C1c1ccccc1. The van der Waals surface area contributed by atoms with Crippen LogP contribution in [0.25, 0.3) is 10.6 Å². The summed E-state index contributed by atoms with van der Waals surface area (Å²) in [6.07, 6.45) is 0. The number of fused-ring (bicyclic) bond motifs is 1. The molecule has 0 amide bonds. The summed E-state index contributed by atoms with van der Waals surface area (Å²) < 4.78 is 5.76. The minimum atomic E-state index is -0.186. The summed E-state index contributed by atoms with van der Waals surface area (Å²) in [6.45, 7) is 0.390. The molecule has 2 atom stereocenters. The Morgan fingerprint density at radius 3 is 2.43 bits per heavy atom. The van der Waals surface area contributed by atoms with Crippen molar-refractivity contribution in [3.05, 3.63) is 71.1 Å². The molecule has 0 fully saturated rings. The number of benzene rings is 2. The monoisotopic (exact) mass is 318 g/mol. The summed E-state index contributed by atoms with van der Waals surface area (Å²) in [5.74, 6) is 0.517. The summed E-state index contributed by atoms with van der Waals surface area (Å²) >= 11 is 1.62. The van der Waals surface area contributed by atoms with E-state index in [4.69, 9.17) is 4.74 Å². The number of rotatable bonds is 2. The van der Waals surface area contributed by atoms with Crippen LogP contribution in [0.5, 0.6) is 5.88 Å². The molecule has 112 valence electrons. The number of hydrogen-bond acceptors (Lipinski definition) is 4. The van der Waals surface area contributed by atoms with Gasteiger partial charge in [-0.3, -0.25) is 0 Å². The van der Waals surface area contributed by atoms with Crippen molar-refractivity contribution in [2.45, 2.75) is 5.92 Å². The van der Waals surface area contributed by atoms with E-state index < -0.39 is 0 Å². The molecule has 2 heterocycles. The fourth-order valence-corrected chi connectivity index (χ4v) is 4.14. The first-order chi connectivity index (χ1) is 11.4. The molecule has 3 nitrogen and oxygen atoms in total. The maximum absolute atomic E-state index is 9.53. The van der Waals surface area contributed by atoms with Gasteiger partial charge in [0, 0.05) is 11.5 Å². The average molecular weight is 318 g/mol. The molecule has 0 saturated heterocycles. The van der Waals surface area contributed by atoms with Gasteiger partial charge in [-0.1, -0.05) is 60.7 Å². The van der Waals surface area contributed by atoms with Crippen molar-refractivity contribution < 1.29 is 4.74 Å². The number of nitrogens with zero attached hydrogens (tertiary/aromatic N) is 2. The van der Waals surface area contributed by atoms with Gasteiger partial charge in [0.05, 0.1) is 16.9 Å². The van der Waals surface area contributed by atoms with Gasteiger partial charge in [-0.05, 0) is 5.56 Å². The lowest BCUT2D eigenvalue weighted by atomic mass is 9.85. The Hall–Kier alpha value is -2.64. The highest BCUT2D eigenvalue weighted by Gasteiger charge is 2.35. The first kappa shape index (κ1) is 14.0. The van der Waals surface area contributed by atoms with Crippen LogP contribution in [-0.2, 0) is 0 Å². The zero-order valence-electron chi connectivity index (χ0n) is 12.3. The fourth-order valence-electron chi connectivity index (χ4n) is 2.93. The van der Waals surface area contributed by atoms with Gasteiger partial charge in [-0.2, -0.15) is 5.26 Å². The Kier molecular flexibility index (Phi) is 3.57. The van der Waals surface area contributed by atoms with Gasteiger partial charge in [-0.15, -0.1) is 11.3 Å². The molecule has 2 aromatic carbocycles. The van der Waals surface area contributed by atoms with Gasteiger partial charge in [0.2, 0.25) is 5.88 Å². The number of nitriles is 1. The molecule has 0 N–H and O–H groups in total. The quantitative estimate of drug-likeness (QED) is 0.700. The third-order valence-corrected chi connectivity index (χ3v) is 5.22. The summed E-state index contributed by atoms with van der Waals surface area (Å²) in [6, 6.07) is 22.7. The largest absolute Gasteiger partial charge is 0.475 e. The van der Waals surface area contributed by atoms with Crippen LogP contribution in [0.15, 0.2) is 60.7 Å². The third kappa shape index (κ3) is 2.49. The number of hydrogen-bond donors (Lipinski definition) is 0. The van der Waals surface area contributed by atoms with Crippen molar-refractivity contribution in [1.82, 2.24) is 4.98 Å². The van der Waals surface area contributed by atoms with E-state index in [2.05, 4.69) is 23.2 Å². The zero-order chi connectivity index (χ0) is 15.6. The third-order valence-electron chi connectivity index (χ3n) is 4.05. The molecule has 1 aliphatic heterocycles. The van der Waals surface area contributed by atoms with E-state index in [1.165, 1.54) is 0 Å². The van der Waals surface area contributed by atoms with E-state index in [-0.39, 0.29) is 11.8 Å². The molecule has 1 aromatic heterocycles. The second-order valence-electron chi connectivity index (χ2n) is 5.49. The van der Waals surface area contributed by atoms with Crippen LogP contribution in [0.2, 0.25) is 0 Å². The lowest BCUT2D eigenvalue weighted by Gasteiger charge is -2.26. The van der Waals surface area contributed by atoms with E-state index in [1.54, 1.807) is 11.3 Å². The Balaban J connectivity index is 1.82. The van der Waals surface area contributed by atoms with E-state index in [0.29, 0.717) is 12.5 Å². The predicted octanol–water partition coefficient (Wildman–Crippen LogP) is 4.47. The highest BCUT2D eigenvalue weighted by atomic mass is 32.1. The van der Waals surface area contributed by atoms with Crippen LogP contribution in [0.1, 0.15) is 16.4 Å². The van der Waals surface area contributed by atoms with Crippen LogP contribution >= 0.6 is 11.3 Å². The smallest absolute Gasteiger partial charge is 0.229 e. The van der Waals surface area contributed by atoms with Crippen molar-refractivity contribution in [2.75, 3.05) is 6.61 Å². The second-order valence-corrected chi connectivity index (χ2v) is 6.52. The maximum Gasteiger partial charge on any atom is 0.229 e. The van der Waals surface area contributed by atoms with Crippen molar-refractivity contribution in [2.24, 2.45) is 5.92 Å². The first-order valence-electron chi connectivity index (χ1n) is 7.50. The standard InChI is InChI=1S/C19H14N2OS/c20-11-15-12-22-18-17(16(15)13-7-3-1-4-8-13)23-19(21-18)14-9-5-2-6-10-14/h1-10,15-16H,12H2. The van der Waals surface area contributed by atoms with Crippen LogP contribution in [0.4, 0.5) is 0 Å². The van der Waals surface area contributed by atoms with Gasteiger partial charge in [0.25, 0.3) is 0 Å². The second kappa shape index (κ2) is 5.86. The molecule has 4 heteroatoms. The van der Waals surface area contributed by atoms with Gasteiger partial charge in [-0.25, -0.2) is 4.98 Å². The molecule has 0 saturated carbocycles. The van der Waals surface area contributed by atoms with Gasteiger partial charge in [0.15, 0.2) is 0 Å². The van der Waals surface area contributed by atoms with E-state index >= 15 is 0 Å². The van der Waals surface area contributed by atoms with E-state index in [9.17, 15) is 5.26 Å². The van der Waals surface area contributed by atoms with Crippen molar-refractivity contribution in [3.8, 4) is 22.5 Å². The molecule has 23 heavy (non-hydrogen) atoms. The van der Waals surface area contributed by atoms with Crippen molar-refractivity contribution in [1.29, 1.82) is 5.26 Å². The summed E-state index contributed by atoms with van der Waals surface area (Å²) in [4.78, 5) is 5.70. The minimum absolute atomic E-state index is 0.0277. The zero-order valence-corrected chi connectivity index (χ0v) is 13.2. The van der Waals surface area contributed by atoms with Crippen LogP contribution in [-0.4, -0.2) is 11.6 Å². The molecule has 2 unspecified atom stereocenters. The molecule has 4 rings (SSSR count).